The lowest BCUT2D eigenvalue weighted by atomic mass is 9.85. The molecule has 0 aliphatic carbocycles. The normalized spacial score (nSPS) is 12.0. The van der Waals surface area contributed by atoms with Crippen LogP contribution in [0.25, 0.3) is 128 Å². The molecule has 0 bridgehead atoms. The molecule has 0 spiro atoms. The molecule has 0 saturated heterocycles. The SMILES string of the molecule is c1ccc(-c2c3ccccc3c(-c3ccc4sc5cc(-c6c7ccccc7c(-c7ccc8sc9ccccc9c8c7)c7ccccc67)ccc5c4c3)c3ccccc23)cc1. The Morgan fingerprint density at radius 3 is 0.967 bits per heavy atom. The molecule has 0 fully saturated rings. The second kappa shape index (κ2) is 13.2. The number of rotatable bonds is 4. The molecule has 13 rings (SSSR count). The Balaban J connectivity index is 0.999. The average molecular weight is 795 g/mol. The van der Waals surface area contributed by atoms with Crippen molar-refractivity contribution in [3.05, 3.63) is 206 Å². The molecule has 278 valence electrons. The molecule has 0 aliphatic rings. The topological polar surface area (TPSA) is 0 Å². The van der Waals surface area contributed by atoms with Gasteiger partial charge in [0.15, 0.2) is 0 Å². The van der Waals surface area contributed by atoms with E-state index in [1.165, 1.54) is 128 Å². The third-order valence-electron chi connectivity index (χ3n) is 12.6. The Kier molecular flexibility index (Phi) is 7.45. The maximum absolute atomic E-state index is 2.44. The zero-order valence-electron chi connectivity index (χ0n) is 32.4. The van der Waals surface area contributed by atoms with Crippen molar-refractivity contribution in [2.75, 3.05) is 0 Å². The summed E-state index contributed by atoms with van der Waals surface area (Å²) in [6.45, 7) is 0. The van der Waals surface area contributed by atoms with Crippen LogP contribution >= 0.6 is 22.7 Å². The molecular weight excluding hydrogens is 761 g/mol. The van der Waals surface area contributed by atoms with E-state index in [2.05, 4.69) is 206 Å². The summed E-state index contributed by atoms with van der Waals surface area (Å²) < 4.78 is 5.28. The third kappa shape index (κ3) is 5.02. The fourth-order valence-electron chi connectivity index (χ4n) is 10.1. The third-order valence-corrected chi connectivity index (χ3v) is 14.9. The van der Waals surface area contributed by atoms with Gasteiger partial charge in [0.1, 0.15) is 0 Å². The van der Waals surface area contributed by atoms with Crippen molar-refractivity contribution in [3.63, 3.8) is 0 Å². The summed E-state index contributed by atoms with van der Waals surface area (Å²) in [4.78, 5) is 0. The Labute approximate surface area is 354 Å². The zero-order chi connectivity index (χ0) is 39.3. The van der Waals surface area contributed by atoms with Crippen LogP contribution in [-0.2, 0) is 0 Å². The second-order valence-corrected chi connectivity index (χ2v) is 18.0. The summed E-state index contributed by atoms with van der Waals surface area (Å²) in [7, 11) is 0. The maximum atomic E-state index is 2.44. The largest absolute Gasteiger partial charge is 0.135 e. The molecule has 0 amide bonds. The van der Waals surface area contributed by atoms with Gasteiger partial charge in [-0.05, 0) is 124 Å². The van der Waals surface area contributed by atoms with Crippen LogP contribution in [0.4, 0.5) is 0 Å². The lowest BCUT2D eigenvalue weighted by molar-refractivity contribution is 1.66. The smallest absolute Gasteiger partial charge is 0.0361 e. The highest BCUT2D eigenvalue weighted by Crippen LogP contribution is 2.48. The summed E-state index contributed by atoms with van der Waals surface area (Å²) in [5.74, 6) is 0. The lowest BCUT2D eigenvalue weighted by Crippen LogP contribution is -1.91. The van der Waals surface area contributed by atoms with Gasteiger partial charge in [-0.25, -0.2) is 0 Å². The predicted molar refractivity (Wildman–Crippen MR) is 264 cm³/mol. The van der Waals surface area contributed by atoms with Crippen LogP contribution in [0.3, 0.4) is 0 Å². The first-order valence-electron chi connectivity index (χ1n) is 20.6. The van der Waals surface area contributed by atoms with Crippen LogP contribution in [0.2, 0.25) is 0 Å². The molecule has 13 aromatic rings. The van der Waals surface area contributed by atoms with Crippen molar-refractivity contribution in [1.82, 2.24) is 0 Å². The highest BCUT2D eigenvalue weighted by molar-refractivity contribution is 7.26. The minimum Gasteiger partial charge on any atom is -0.135 e. The molecule has 11 aromatic carbocycles. The van der Waals surface area contributed by atoms with Crippen LogP contribution in [0.5, 0.6) is 0 Å². The van der Waals surface area contributed by atoms with Gasteiger partial charge in [0.05, 0.1) is 0 Å². The first-order valence-corrected chi connectivity index (χ1v) is 22.2. The fourth-order valence-corrected chi connectivity index (χ4v) is 12.3. The zero-order valence-corrected chi connectivity index (χ0v) is 34.1. The molecule has 0 N–H and O–H groups in total. The minimum absolute atomic E-state index is 1.25. The summed E-state index contributed by atoms with van der Waals surface area (Å²) in [6, 6.07) is 76.9. The first-order chi connectivity index (χ1) is 29.8. The van der Waals surface area contributed by atoms with Gasteiger partial charge < -0.3 is 0 Å². The molecule has 60 heavy (non-hydrogen) atoms. The average Bonchev–Trinajstić information content (AvgIpc) is 3.87. The van der Waals surface area contributed by atoms with E-state index in [1.807, 2.05) is 22.7 Å². The van der Waals surface area contributed by atoms with Crippen LogP contribution in [-0.4, -0.2) is 0 Å². The van der Waals surface area contributed by atoms with Gasteiger partial charge in [0.2, 0.25) is 0 Å². The van der Waals surface area contributed by atoms with E-state index >= 15 is 0 Å². The molecule has 0 aliphatic heterocycles. The minimum atomic E-state index is 1.25. The summed E-state index contributed by atoms with van der Waals surface area (Å²) >= 11 is 3.77. The fraction of sp³-hybridized carbons (Fsp3) is 0. The van der Waals surface area contributed by atoms with Gasteiger partial charge in [-0.3, -0.25) is 0 Å². The lowest BCUT2D eigenvalue weighted by Gasteiger charge is -2.18. The van der Waals surface area contributed by atoms with E-state index in [0.717, 1.165) is 0 Å². The first kappa shape index (κ1) is 33.8. The Morgan fingerprint density at radius 2 is 0.500 bits per heavy atom. The van der Waals surface area contributed by atoms with E-state index in [-0.39, 0.29) is 0 Å². The maximum Gasteiger partial charge on any atom is 0.0361 e. The summed E-state index contributed by atoms with van der Waals surface area (Å²) in [5, 5.41) is 15.5. The molecule has 2 heteroatoms. The molecule has 2 heterocycles. The number of hydrogen-bond acceptors (Lipinski definition) is 2. The van der Waals surface area contributed by atoms with Crippen molar-refractivity contribution >= 4 is 106 Å². The van der Waals surface area contributed by atoms with Gasteiger partial charge in [-0.2, -0.15) is 0 Å². The summed E-state index contributed by atoms with van der Waals surface area (Å²) in [6.07, 6.45) is 0. The van der Waals surface area contributed by atoms with Crippen LogP contribution in [0.1, 0.15) is 0 Å². The molecular formula is C58H34S2. The highest BCUT2D eigenvalue weighted by Gasteiger charge is 2.20. The van der Waals surface area contributed by atoms with Gasteiger partial charge in [-0.1, -0.05) is 170 Å². The highest BCUT2D eigenvalue weighted by atomic mass is 32.1. The van der Waals surface area contributed by atoms with Gasteiger partial charge in [-0.15, -0.1) is 22.7 Å². The van der Waals surface area contributed by atoms with Crippen LogP contribution < -0.4 is 0 Å². The number of benzene rings is 11. The van der Waals surface area contributed by atoms with E-state index < -0.39 is 0 Å². The second-order valence-electron chi connectivity index (χ2n) is 15.9. The molecule has 0 saturated carbocycles. The number of hydrogen-bond donors (Lipinski definition) is 0. The van der Waals surface area contributed by atoms with E-state index in [9.17, 15) is 0 Å². The number of thiophene rings is 2. The standard InChI is InChI=1S/C58H34S2/c1-2-14-35(15-3-1)55-41-17-4-6-19-43(41)56(44-20-7-5-18-42(44)55)37-28-31-53-50(33-37)40-29-26-38(34-54(40)60-53)58-47-23-10-8-21-45(47)57(46-22-9-11-24-48(46)58)36-27-30-52-49(32-36)39-16-12-13-25-51(39)59-52/h1-34H. The van der Waals surface area contributed by atoms with E-state index in [0.29, 0.717) is 0 Å². The summed E-state index contributed by atoms with van der Waals surface area (Å²) in [5.41, 5.74) is 10.2. The van der Waals surface area contributed by atoms with Gasteiger partial charge in [0.25, 0.3) is 0 Å². The van der Waals surface area contributed by atoms with Crippen LogP contribution in [0.15, 0.2) is 206 Å². The van der Waals surface area contributed by atoms with Crippen molar-refractivity contribution in [2.24, 2.45) is 0 Å². The van der Waals surface area contributed by atoms with Crippen molar-refractivity contribution < 1.29 is 0 Å². The molecule has 2 aromatic heterocycles. The number of fused-ring (bicyclic) bond motifs is 10. The monoisotopic (exact) mass is 794 g/mol. The molecule has 0 atom stereocenters. The quantitative estimate of drug-likeness (QED) is 0.156. The molecule has 0 radical (unpaired) electrons. The Bertz CT molecular complexity index is 3770. The molecule has 0 nitrogen and oxygen atoms in total. The Hall–Kier alpha value is -7.10. The van der Waals surface area contributed by atoms with Gasteiger partial charge in [0, 0.05) is 40.3 Å². The Morgan fingerprint density at radius 1 is 0.183 bits per heavy atom. The molecule has 0 unspecified atom stereocenters. The van der Waals surface area contributed by atoms with Crippen molar-refractivity contribution in [2.45, 2.75) is 0 Å². The van der Waals surface area contributed by atoms with Crippen molar-refractivity contribution in [1.29, 1.82) is 0 Å². The van der Waals surface area contributed by atoms with Crippen molar-refractivity contribution in [3.8, 4) is 44.5 Å². The van der Waals surface area contributed by atoms with E-state index in [4.69, 9.17) is 0 Å². The van der Waals surface area contributed by atoms with Crippen LogP contribution in [0, 0.1) is 0 Å². The van der Waals surface area contributed by atoms with E-state index in [1.54, 1.807) is 0 Å². The predicted octanol–water partition coefficient (Wildman–Crippen LogP) is 17.7. The van der Waals surface area contributed by atoms with Gasteiger partial charge >= 0.3 is 0 Å².